The van der Waals surface area contributed by atoms with E-state index in [0.717, 1.165) is 5.75 Å². The molecule has 1 N–H and O–H groups in total. The third-order valence-electron chi connectivity index (χ3n) is 4.97. The van der Waals surface area contributed by atoms with Crippen molar-refractivity contribution < 1.29 is 50.5 Å². The van der Waals surface area contributed by atoms with Gasteiger partial charge in [0.15, 0.2) is 24.1 Å². The Balaban J connectivity index is 0.00000300. The van der Waals surface area contributed by atoms with Gasteiger partial charge in [0.1, 0.15) is 32.3 Å². The number of rotatable bonds is 9. The lowest BCUT2D eigenvalue weighted by molar-refractivity contribution is -0.931. The Morgan fingerprint density at radius 1 is 1.28 bits per heavy atom. The van der Waals surface area contributed by atoms with Crippen LogP contribution in [0.25, 0.3) is 0 Å². The molecule has 3 rings (SSSR count). The molecule has 0 spiro atoms. The minimum Gasteiger partial charge on any atom is -1.00 e. The average Bonchev–Trinajstić information content (AvgIpc) is 2.68. The number of carbonyl (C=O) groups excluding carboxylic acids is 1. The van der Waals surface area contributed by atoms with Gasteiger partial charge in [0.25, 0.3) is 0 Å². The Bertz CT molecular complexity index is 639. The fourth-order valence-corrected chi connectivity index (χ4v) is 3.60. The molecule has 1 fully saturated rings. The van der Waals surface area contributed by atoms with Gasteiger partial charge < -0.3 is 45.7 Å². The summed E-state index contributed by atoms with van der Waals surface area (Å²) in [5.41, 5.74) is 0. The van der Waals surface area contributed by atoms with Crippen molar-refractivity contribution in [3.05, 3.63) is 24.3 Å². The zero-order valence-electron chi connectivity index (χ0n) is 16.8. The number of hydrogen-bond acceptors (Lipinski definition) is 7. The highest BCUT2D eigenvalue weighted by Gasteiger charge is 2.36. The lowest BCUT2D eigenvalue weighted by Gasteiger charge is -2.41. The van der Waals surface area contributed by atoms with E-state index in [9.17, 15) is 9.90 Å². The molecule has 2 aliphatic heterocycles. The molecule has 0 aromatic heterocycles. The first kappa shape index (κ1) is 23.7. The van der Waals surface area contributed by atoms with Crippen molar-refractivity contribution in [3.63, 3.8) is 0 Å². The first-order valence-corrected chi connectivity index (χ1v) is 9.83. The number of esters is 1. The van der Waals surface area contributed by atoms with E-state index in [1.165, 1.54) is 0 Å². The van der Waals surface area contributed by atoms with E-state index < -0.39 is 6.10 Å². The van der Waals surface area contributed by atoms with Crippen LogP contribution in [0.4, 0.5) is 0 Å². The molecule has 1 saturated heterocycles. The number of para-hydroxylation sites is 2. The number of fused-ring (bicyclic) bond motifs is 1. The normalized spacial score (nSPS) is 21.0. The second-order valence-electron chi connectivity index (χ2n) is 7.24. The number of carbonyl (C=O) groups is 1. The Hall–Kier alpha value is -1.58. The van der Waals surface area contributed by atoms with Crippen molar-refractivity contribution in [3.8, 4) is 11.5 Å². The van der Waals surface area contributed by atoms with Gasteiger partial charge in [0, 0.05) is 0 Å². The van der Waals surface area contributed by atoms with E-state index in [-0.39, 0.29) is 37.6 Å². The smallest absolute Gasteiger partial charge is 0.361 e. The molecule has 0 aliphatic carbocycles. The average molecular weight is 432 g/mol. The number of hydrogen-bond donors (Lipinski definition) is 1. The van der Waals surface area contributed by atoms with Crippen LogP contribution in [-0.2, 0) is 19.0 Å². The number of ether oxygens (including phenoxy) is 5. The van der Waals surface area contributed by atoms with Gasteiger partial charge in [-0.05, 0) is 19.1 Å². The summed E-state index contributed by atoms with van der Waals surface area (Å²) in [4.78, 5) is 12.0. The highest BCUT2D eigenvalue weighted by Crippen LogP contribution is 2.30. The largest absolute Gasteiger partial charge is 1.00 e. The fourth-order valence-electron chi connectivity index (χ4n) is 3.60. The van der Waals surface area contributed by atoms with Crippen LogP contribution in [0.1, 0.15) is 6.92 Å². The summed E-state index contributed by atoms with van der Waals surface area (Å²) in [5.74, 6) is 1.19. The topological polar surface area (TPSA) is 83.5 Å². The van der Waals surface area contributed by atoms with E-state index >= 15 is 0 Å². The molecule has 1 aromatic rings. The molecule has 29 heavy (non-hydrogen) atoms. The molecule has 0 bridgehead atoms. The van der Waals surface area contributed by atoms with Crippen molar-refractivity contribution in [1.29, 1.82) is 0 Å². The van der Waals surface area contributed by atoms with E-state index in [1.807, 2.05) is 24.3 Å². The van der Waals surface area contributed by atoms with Gasteiger partial charge in [-0.2, -0.15) is 0 Å². The maximum Gasteiger partial charge on any atom is 0.361 e. The Morgan fingerprint density at radius 3 is 2.72 bits per heavy atom. The number of aliphatic hydroxyl groups is 1. The standard InChI is InChI=1S/C20H30NO7.ClH/c1-2-26-20(23)12-21(7-9-24-10-8-21)11-16(22)13-25-14-17-15-27-18-5-3-4-6-19(18)28-17;/h3-6,16-17,22H,2,7-15H2,1H3;1H/q+1;/p-1. The molecule has 0 amide bonds. The van der Waals surface area contributed by atoms with Crippen LogP contribution in [0.15, 0.2) is 24.3 Å². The summed E-state index contributed by atoms with van der Waals surface area (Å²) < 4.78 is 28.2. The molecular formula is C20H30ClNO7. The van der Waals surface area contributed by atoms with Crippen LogP contribution < -0.4 is 21.9 Å². The van der Waals surface area contributed by atoms with E-state index in [0.29, 0.717) is 62.9 Å². The Labute approximate surface area is 177 Å². The third kappa shape index (κ3) is 7.01. The van der Waals surface area contributed by atoms with Crippen LogP contribution in [0.3, 0.4) is 0 Å². The second-order valence-corrected chi connectivity index (χ2v) is 7.24. The van der Waals surface area contributed by atoms with Gasteiger partial charge in [-0.25, -0.2) is 4.79 Å². The monoisotopic (exact) mass is 431 g/mol. The fraction of sp³-hybridized carbons (Fsp3) is 0.650. The molecular weight excluding hydrogens is 402 g/mol. The lowest BCUT2D eigenvalue weighted by atomic mass is 10.2. The molecule has 2 atom stereocenters. The summed E-state index contributed by atoms with van der Waals surface area (Å²) in [6, 6.07) is 7.52. The molecule has 164 valence electrons. The molecule has 2 unspecified atom stereocenters. The van der Waals surface area contributed by atoms with Crippen LogP contribution in [0.5, 0.6) is 11.5 Å². The first-order chi connectivity index (χ1) is 13.6. The second kappa shape index (κ2) is 11.6. The number of morpholine rings is 1. The maximum absolute atomic E-state index is 12.0. The van der Waals surface area contributed by atoms with Crippen LogP contribution in [0.2, 0.25) is 0 Å². The van der Waals surface area contributed by atoms with Crippen molar-refractivity contribution in [1.82, 2.24) is 0 Å². The highest BCUT2D eigenvalue weighted by molar-refractivity contribution is 5.70. The van der Waals surface area contributed by atoms with E-state index in [2.05, 4.69) is 0 Å². The zero-order chi connectivity index (χ0) is 19.8. The maximum atomic E-state index is 12.0. The molecule has 2 aliphatic rings. The molecule has 8 nitrogen and oxygen atoms in total. The number of aliphatic hydroxyl groups excluding tert-OH is 1. The predicted octanol–water partition coefficient (Wildman–Crippen LogP) is -2.38. The molecule has 9 heteroatoms. The van der Waals surface area contributed by atoms with Crippen molar-refractivity contribution >= 4 is 5.97 Å². The van der Waals surface area contributed by atoms with Gasteiger partial charge in [-0.1, -0.05) is 12.1 Å². The third-order valence-corrected chi connectivity index (χ3v) is 4.97. The Kier molecular flexibility index (Phi) is 9.45. The van der Waals surface area contributed by atoms with Gasteiger partial charge in [0.05, 0.1) is 33.0 Å². The number of halogens is 1. The van der Waals surface area contributed by atoms with Crippen molar-refractivity contribution in [2.24, 2.45) is 0 Å². The van der Waals surface area contributed by atoms with E-state index in [1.54, 1.807) is 6.92 Å². The van der Waals surface area contributed by atoms with Crippen molar-refractivity contribution in [2.45, 2.75) is 19.1 Å². The molecule has 2 heterocycles. The summed E-state index contributed by atoms with van der Waals surface area (Å²) >= 11 is 0. The van der Waals surface area contributed by atoms with Crippen LogP contribution in [0, 0.1) is 0 Å². The SMILES string of the molecule is CCOC(=O)C[N+]1(CC(O)COCC2COc3ccccc3O2)CCOCC1.[Cl-]. The Morgan fingerprint density at radius 2 is 2.00 bits per heavy atom. The van der Waals surface area contributed by atoms with Crippen LogP contribution >= 0.6 is 0 Å². The minimum atomic E-state index is -0.690. The van der Waals surface area contributed by atoms with Gasteiger partial charge in [-0.3, -0.25) is 0 Å². The van der Waals surface area contributed by atoms with E-state index in [4.69, 9.17) is 23.7 Å². The number of quaternary nitrogens is 1. The number of nitrogens with zero attached hydrogens (tertiary/aromatic N) is 1. The lowest BCUT2D eigenvalue weighted by Crippen LogP contribution is -3.00. The zero-order valence-corrected chi connectivity index (χ0v) is 17.5. The summed E-state index contributed by atoms with van der Waals surface area (Å²) in [7, 11) is 0. The highest BCUT2D eigenvalue weighted by atomic mass is 35.5. The predicted molar refractivity (Wildman–Crippen MR) is 100 cm³/mol. The summed E-state index contributed by atoms with van der Waals surface area (Å²) in [6.07, 6.45) is -0.905. The van der Waals surface area contributed by atoms with Crippen LogP contribution in [-0.4, -0.2) is 93.6 Å². The minimum absolute atomic E-state index is 0. The molecule has 1 aromatic carbocycles. The molecule has 0 saturated carbocycles. The first-order valence-electron chi connectivity index (χ1n) is 9.83. The number of benzene rings is 1. The summed E-state index contributed by atoms with van der Waals surface area (Å²) in [6.45, 7) is 6.20. The quantitative estimate of drug-likeness (QED) is 0.345. The van der Waals surface area contributed by atoms with Gasteiger partial charge in [-0.15, -0.1) is 0 Å². The summed E-state index contributed by atoms with van der Waals surface area (Å²) in [5, 5.41) is 10.5. The van der Waals surface area contributed by atoms with Gasteiger partial charge in [0.2, 0.25) is 0 Å². The molecule has 0 radical (unpaired) electrons. The van der Waals surface area contributed by atoms with Crippen molar-refractivity contribution in [2.75, 3.05) is 65.8 Å². The van der Waals surface area contributed by atoms with Gasteiger partial charge >= 0.3 is 5.97 Å².